The number of aromatic nitrogens is 5. The average Bonchev–Trinajstić information content (AvgIpc) is 3.49. The zero-order chi connectivity index (χ0) is 18.1. The van der Waals surface area contributed by atoms with Crippen LogP contribution in [0.5, 0.6) is 0 Å². The minimum atomic E-state index is 0.149. The molecule has 0 bridgehead atoms. The average molecular weight is 365 g/mol. The van der Waals surface area contributed by atoms with E-state index in [1.165, 1.54) is 12.8 Å². The monoisotopic (exact) mass is 365 g/mol. The first kappa shape index (κ1) is 16.4. The van der Waals surface area contributed by atoms with Gasteiger partial charge in [-0.25, -0.2) is 9.97 Å². The Morgan fingerprint density at radius 2 is 2.04 bits per heavy atom. The van der Waals surface area contributed by atoms with Gasteiger partial charge in [-0.2, -0.15) is 4.98 Å². The van der Waals surface area contributed by atoms with Gasteiger partial charge in [0.1, 0.15) is 11.6 Å². The van der Waals surface area contributed by atoms with E-state index in [4.69, 9.17) is 9.51 Å². The molecule has 5 heterocycles. The van der Waals surface area contributed by atoms with E-state index in [1.54, 1.807) is 6.20 Å². The van der Waals surface area contributed by atoms with Gasteiger partial charge in [-0.3, -0.25) is 4.90 Å². The molecule has 5 rings (SSSR count). The molecule has 0 radical (unpaired) electrons. The molecule has 140 valence electrons. The Morgan fingerprint density at radius 1 is 1.11 bits per heavy atom. The zero-order valence-electron chi connectivity index (χ0n) is 15.2. The first-order chi connectivity index (χ1) is 13.4. The van der Waals surface area contributed by atoms with Crippen molar-refractivity contribution in [2.45, 2.75) is 38.3 Å². The van der Waals surface area contributed by atoms with E-state index in [0.29, 0.717) is 11.7 Å². The van der Waals surface area contributed by atoms with Crippen molar-refractivity contribution in [1.82, 2.24) is 30.0 Å². The molecule has 3 aromatic rings. The van der Waals surface area contributed by atoms with Crippen LogP contribution in [0.25, 0.3) is 11.4 Å². The lowest BCUT2D eigenvalue weighted by atomic mass is 10.2. The van der Waals surface area contributed by atoms with E-state index in [9.17, 15) is 0 Å². The maximum absolute atomic E-state index is 5.65. The molecule has 2 saturated heterocycles. The van der Waals surface area contributed by atoms with Crippen molar-refractivity contribution in [1.29, 1.82) is 0 Å². The maximum atomic E-state index is 5.65. The SMILES string of the molecule is c1cc(-c2noc(C3CCCN3Cc3ncc[nH]3)n2)cc(N2CCCC2)n1. The number of aromatic amines is 1. The van der Waals surface area contributed by atoms with Crippen LogP contribution in [0, 0.1) is 0 Å². The third-order valence-electron chi connectivity index (χ3n) is 5.43. The van der Waals surface area contributed by atoms with Crippen molar-refractivity contribution in [3.05, 3.63) is 42.4 Å². The van der Waals surface area contributed by atoms with Gasteiger partial charge in [-0.05, 0) is 44.4 Å². The fourth-order valence-electron chi connectivity index (χ4n) is 4.04. The Bertz CT molecular complexity index is 885. The number of hydrogen-bond acceptors (Lipinski definition) is 7. The van der Waals surface area contributed by atoms with E-state index in [-0.39, 0.29) is 6.04 Å². The van der Waals surface area contributed by atoms with Crippen LogP contribution < -0.4 is 4.90 Å². The Hall–Kier alpha value is -2.74. The minimum absolute atomic E-state index is 0.149. The van der Waals surface area contributed by atoms with Crippen LogP contribution in [0.15, 0.2) is 35.2 Å². The molecule has 1 unspecified atom stereocenters. The number of nitrogens with zero attached hydrogens (tertiary/aromatic N) is 6. The summed E-state index contributed by atoms with van der Waals surface area (Å²) in [5, 5.41) is 4.25. The Balaban J connectivity index is 1.35. The first-order valence-corrected chi connectivity index (χ1v) is 9.64. The second-order valence-corrected chi connectivity index (χ2v) is 7.22. The second-order valence-electron chi connectivity index (χ2n) is 7.22. The zero-order valence-corrected chi connectivity index (χ0v) is 15.2. The van der Waals surface area contributed by atoms with E-state index >= 15 is 0 Å². The number of imidazole rings is 1. The lowest BCUT2D eigenvalue weighted by Gasteiger charge is -2.19. The summed E-state index contributed by atoms with van der Waals surface area (Å²) in [6.45, 7) is 3.91. The van der Waals surface area contributed by atoms with Crippen LogP contribution >= 0.6 is 0 Å². The number of nitrogens with one attached hydrogen (secondary N) is 1. The third kappa shape index (κ3) is 3.32. The number of H-pyrrole nitrogens is 1. The predicted octanol–water partition coefficient (Wildman–Crippen LogP) is 2.79. The molecule has 2 aliphatic heterocycles. The van der Waals surface area contributed by atoms with Gasteiger partial charge in [0.15, 0.2) is 0 Å². The quantitative estimate of drug-likeness (QED) is 0.744. The second kappa shape index (κ2) is 7.11. The fraction of sp³-hybridized carbons (Fsp3) is 0.474. The van der Waals surface area contributed by atoms with E-state index in [2.05, 4.69) is 36.0 Å². The molecule has 8 nitrogen and oxygen atoms in total. The molecule has 0 spiro atoms. The van der Waals surface area contributed by atoms with Gasteiger partial charge in [0.25, 0.3) is 0 Å². The summed E-state index contributed by atoms with van der Waals surface area (Å²) in [6, 6.07) is 4.16. The highest BCUT2D eigenvalue weighted by Gasteiger charge is 2.31. The summed E-state index contributed by atoms with van der Waals surface area (Å²) in [5.74, 6) is 3.29. The van der Waals surface area contributed by atoms with Crippen LogP contribution in [-0.2, 0) is 6.54 Å². The van der Waals surface area contributed by atoms with Gasteiger partial charge < -0.3 is 14.4 Å². The van der Waals surface area contributed by atoms with Crippen molar-refractivity contribution in [2.24, 2.45) is 0 Å². The van der Waals surface area contributed by atoms with Crippen molar-refractivity contribution >= 4 is 5.82 Å². The number of likely N-dealkylation sites (tertiary alicyclic amines) is 1. The maximum Gasteiger partial charge on any atom is 0.244 e. The molecule has 1 N–H and O–H groups in total. The standard InChI is InChI=1S/C19H23N7O/c1-2-10-25(9-1)17-12-14(5-6-22-17)18-23-19(27-24-18)15-4-3-11-26(15)13-16-20-7-8-21-16/h5-8,12,15H,1-4,9-11,13H2,(H,20,21). The van der Waals surface area contributed by atoms with Gasteiger partial charge >= 0.3 is 0 Å². The van der Waals surface area contributed by atoms with Gasteiger partial charge in [-0.1, -0.05) is 5.16 Å². The molecular formula is C19H23N7O. The van der Waals surface area contributed by atoms with E-state index in [0.717, 1.165) is 56.2 Å². The van der Waals surface area contributed by atoms with Crippen molar-refractivity contribution in [3.63, 3.8) is 0 Å². The number of rotatable bonds is 5. The molecule has 8 heteroatoms. The van der Waals surface area contributed by atoms with Crippen LogP contribution in [0.1, 0.15) is 43.4 Å². The first-order valence-electron chi connectivity index (χ1n) is 9.64. The molecule has 3 aromatic heterocycles. The number of hydrogen-bond donors (Lipinski definition) is 1. The van der Waals surface area contributed by atoms with Crippen molar-refractivity contribution in [3.8, 4) is 11.4 Å². The van der Waals surface area contributed by atoms with Gasteiger partial charge in [0, 0.05) is 37.2 Å². The van der Waals surface area contributed by atoms with Crippen LogP contribution in [0.3, 0.4) is 0 Å². The van der Waals surface area contributed by atoms with Crippen LogP contribution in [-0.4, -0.2) is 49.6 Å². The van der Waals surface area contributed by atoms with Crippen LogP contribution in [0.4, 0.5) is 5.82 Å². The van der Waals surface area contributed by atoms with Gasteiger partial charge in [0.05, 0.1) is 12.6 Å². The molecule has 27 heavy (non-hydrogen) atoms. The summed E-state index contributed by atoms with van der Waals surface area (Å²) >= 11 is 0. The largest absolute Gasteiger partial charge is 0.357 e. The summed E-state index contributed by atoms with van der Waals surface area (Å²) in [6.07, 6.45) is 10.1. The molecule has 0 amide bonds. The highest BCUT2D eigenvalue weighted by Crippen LogP contribution is 2.33. The summed E-state index contributed by atoms with van der Waals surface area (Å²) < 4.78 is 5.65. The molecular weight excluding hydrogens is 342 g/mol. The lowest BCUT2D eigenvalue weighted by Crippen LogP contribution is -2.23. The smallest absolute Gasteiger partial charge is 0.244 e. The number of pyridine rings is 1. The van der Waals surface area contributed by atoms with Gasteiger partial charge in [0.2, 0.25) is 11.7 Å². The minimum Gasteiger partial charge on any atom is -0.357 e. The summed E-state index contributed by atoms with van der Waals surface area (Å²) in [4.78, 5) is 21.4. The lowest BCUT2D eigenvalue weighted by molar-refractivity contribution is 0.197. The molecule has 2 fully saturated rings. The number of anilines is 1. The van der Waals surface area contributed by atoms with Gasteiger partial charge in [-0.15, -0.1) is 0 Å². The molecule has 1 atom stereocenters. The summed E-state index contributed by atoms with van der Waals surface area (Å²) in [5.41, 5.74) is 0.956. The van der Waals surface area contributed by atoms with Crippen molar-refractivity contribution in [2.75, 3.05) is 24.5 Å². The molecule has 0 aromatic carbocycles. The topological polar surface area (TPSA) is 87.0 Å². The summed E-state index contributed by atoms with van der Waals surface area (Å²) in [7, 11) is 0. The highest BCUT2D eigenvalue weighted by atomic mass is 16.5. The normalized spacial score (nSPS) is 20.6. The molecule has 2 aliphatic rings. The van der Waals surface area contributed by atoms with E-state index in [1.807, 2.05) is 18.5 Å². The highest BCUT2D eigenvalue weighted by molar-refractivity contribution is 5.59. The Kier molecular flexibility index (Phi) is 4.33. The molecule has 0 aliphatic carbocycles. The Labute approximate surface area is 157 Å². The Morgan fingerprint density at radius 3 is 2.89 bits per heavy atom. The van der Waals surface area contributed by atoms with Crippen LogP contribution in [0.2, 0.25) is 0 Å². The van der Waals surface area contributed by atoms with E-state index < -0.39 is 0 Å². The predicted molar refractivity (Wildman–Crippen MR) is 99.9 cm³/mol. The molecule has 0 saturated carbocycles. The van der Waals surface area contributed by atoms with Crippen molar-refractivity contribution < 1.29 is 4.52 Å². The third-order valence-corrected chi connectivity index (χ3v) is 5.43. The fourth-order valence-corrected chi connectivity index (χ4v) is 4.04.